The summed E-state index contributed by atoms with van der Waals surface area (Å²) in [5, 5.41) is 3.08. The molecule has 0 aliphatic carbocycles. The topological polar surface area (TPSA) is 75.7 Å². The van der Waals surface area contributed by atoms with Gasteiger partial charge in [-0.05, 0) is 49.9 Å². The van der Waals surface area contributed by atoms with Gasteiger partial charge in [-0.3, -0.25) is 4.79 Å². The Morgan fingerprint density at radius 3 is 2.40 bits per heavy atom. The van der Waals surface area contributed by atoms with Crippen LogP contribution in [0.5, 0.6) is 5.75 Å². The van der Waals surface area contributed by atoms with Crippen molar-refractivity contribution >= 4 is 15.9 Å². The van der Waals surface area contributed by atoms with Crippen molar-refractivity contribution in [2.45, 2.75) is 38.6 Å². The minimum Gasteiger partial charge on any atom is -0.494 e. The number of benzene rings is 2. The molecule has 1 aliphatic heterocycles. The molecular weight excluding hydrogens is 400 g/mol. The fourth-order valence-corrected chi connectivity index (χ4v) is 5.10. The number of amides is 1. The number of sulfonamides is 1. The van der Waals surface area contributed by atoms with Gasteiger partial charge in [-0.25, -0.2) is 12.7 Å². The zero-order valence-electron chi connectivity index (χ0n) is 17.6. The molecule has 30 heavy (non-hydrogen) atoms. The number of hydrogen-bond donors (Lipinski definition) is 1. The van der Waals surface area contributed by atoms with E-state index >= 15 is 0 Å². The number of rotatable bonds is 8. The summed E-state index contributed by atoms with van der Waals surface area (Å²) in [5.74, 6) is 0.789. The highest BCUT2D eigenvalue weighted by Gasteiger charge is 2.44. The van der Waals surface area contributed by atoms with Crippen molar-refractivity contribution in [1.82, 2.24) is 9.62 Å². The third-order valence-corrected chi connectivity index (χ3v) is 7.64. The number of hydrogen-bond acceptors (Lipinski definition) is 4. The molecule has 162 valence electrons. The first-order valence-corrected chi connectivity index (χ1v) is 12.1. The van der Waals surface area contributed by atoms with Gasteiger partial charge in [-0.1, -0.05) is 42.5 Å². The standard InChI is InChI=1S/C23H30N2O4S/c1-3-29-21-12-8-9-19(17-21)18-24-22(26)23(20-10-6-5-7-11-20)13-15-25(16-14-23)30(27,28)4-2/h5-12,17H,3-4,13-16,18H2,1-2H3,(H,24,26). The molecule has 1 fully saturated rings. The summed E-state index contributed by atoms with van der Waals surface area (Å²) < 4.78 is 31.6. The van der Waals surface area contributed by atoms with Crippen LogP contribution in [0.2, 0.25) is 0 Å². The lowest BCUT2D eigenvalue weighted by Crippen LogP contribution is -2.52. The Balaban J connectivity index is 1.78. The SMILES string of the molecule is CCOc1cccc(CNC(=O)C2(c3ccccc3)CCN(S(=O)(=O)CC)CC2)c1. The molecule has 1 heterocycles. The first-order chi connectivity index (χ1) is 14.4. The third kappa shape index (κ3) is 4.84. The zero-order chi connectivity index (χ0) is 21.6. The maximum Gasteiger partial charge on any atom is 0.231 e. The minimum absolute atomic E-state index is 0.0657. The average molecular weight is 431 g/mol. The Morgan fingerprint density at radius 2 is 1.77 bits per heavy atom. The van der Waals surface area contributed by atoms with Gasteiger partial charge in [0, 0.05) is 19.6 Å². The Hall–Kier alpha value is -2.38. The van der Waals surface area contributed by atoms with E-state index < -0.39 is 15.4 Å². The van der Waals surface area contributed by atoms with Crippen LogP contribution in [0.15, 0.2) is 54.6 Å². The van der Waals surface area contributed by atoms with E-state index in [1.807, 2.05) is 61.5 Å². The second-order valence-corrected chi connectivity index (χ2v) is 9.77. The lowest BCUT2D eigenvalue weighted by molar-refractivity contribution is -0.128. The molecule has 0 unspecified atom stereocenters. The Labute approximate surface area is 179 Å². The summed E-state index contributed by atoms with van der Waals surface area (Å²) >= 11 is 0. The third-order valence-electron chi connectivity index (χ3n) is 5.76. The average Bonchev–Trinajstić information content (AvgIpc) is 2.78. The number of nitrogens with one attached hydrogen (secondary N) is 1. The number of carbonyl (C=O) groups is 1. The molecule has 1 saturated heterocycles. The van der Waals surface area contributed by atoms with Crippen LogP contribution in [-0.4, -0.2) is 44.1 Å². The summed E-state index contributed by atoms with van der Waals surface area (Å²) in [6, 6.07) is 17.4. The van der Waals surface area contributed by atoms with E-state index in [2.05, 4.69) is 5.32 Å². The molecular formula is C23H30N2O4S. The van der Waals surface area contributed by atoms with Gasteiger partial charge >= 0.3 is 0 Å². The van der Waals surface area contributed by atoms with Gasteiger partial charge in [0.15, 0.2) is 0 Å². The predicted molar refractivity (Wildman–Crippen MR) is 118 cm³/mol. The fraction of sp³-hybridized carbons (Fsp3) is 0.435. The van der Waals surface area contributed by atoms with Crippen molar-refractivity contribution in [3.8, 4) is 5.75 Å². The summed E-state index contributed by atoms with van der Waals surface area (Å²) in [4.78, 5) is 13.4. The van der Waals surface area contributed by atoms with E-state index in [0.29, 0.717) is 39.1 Å². The smallest absolute Gasteiger partial charge is 0.231 e. The van der Waals surface area contributed by atoms with Crippen molar-refractivity contribution in [2.75, 3.05) is 25.4 Å². The van der Waals surface area contributed by atoms with E-state index in [-0.39, 0.29) is 11.7 Å². The number of carbonyl (C=O) groups excluding carboxylic acids is 1. The summed E-state index contributed by atoms with van der Waals surface area (Å²) in [7, 11) is -3.26. The lowest BCUT2D eigenvalue weighted by Gasteiger charge is -2.40. The molecule has 0 radical (unpaired) electrons. The molecule has 3 rings (SSSR count). The molecule has 6 nitrogen and oxygen atoms in total. The van der Waals surface area contributed by atoms with Crippen molar-refractivity contribution in [1.29, 1.82) is 0 Å². The van der Waals surface area contributed by atoms with E-state index in [1.165, 1.54) is 4.31 Å². The Morgan fingerprint density at radius 1 is 1.07 bits per heavy atom. The van der Waals surface area contributed by atoms with Crippen LogP contribution in [-0.2, 0) is 26.8 Å². The van der Waals surface area contributed by atoms with Gasteiger partial charge in [0.1, 0.15) is 5.75 Å². The van der Waals surface area contributed by atoms with Gasteiger partial charge < -0.3 is 10.1 Å². The summed E-state index contributed by atoms with van der Waals surface area (Å²) in [6.45, 7) is 5.26. The Bertz CT molecular complexity index is 952. The van der Waals surface area contributed by atoms with Gasteiger partial charge in [0.05, 0.1) is 17.8 Å². The molecule has 0 spiro atoms. The minimum atomic E-state index is -3.26. The highest BCUT2D eigenvalue weighted by molar-refractivity contribution is 7.89. The first kappa shape index (κ1) is 22.3. The predicted octanol–water partition coefficient (Wildman–Crippen LogP) is 3.09. The molecule has 2 aromatic carbocycles. The van der Waals surface area contributed by atoms with Crippen molar-refractivity contribution in [3.63, 3.8) is 0 Å². The molecule has 1 N–H and O–H groups in total. The molecule has 0 atom stereocenters. The van der Waals surface area contributed by atoms with Gasteiger partial charge in [-0.2, -0.15) is 0 Å². The van der Waals surface area contributed by atoms with E-state index in [4.69, 9.17) is 4.74 Å². The lowest BCUT2D eigenvalue weighted by atomic mass is 9.72. The van der Waals surface area contributed by atoms with Crippen LogP contribution in [0.25, 0.3) is 0 Å². The monoisotopic (exact) mass is 430 g/mol. The fourth-order valence-electron chi connectivity index (χ4n) is 4.00. The summed E-state index contributed by atoms with van der Waals surface area (Å²) in [5.41, 5.74) is 1.15. The van der Waals surface area contributed by atoms with Gasteiger partial charge in [0.2, 0.25) is 15.9 Å². The maximum absolute atomic E-state index is 13.4. The molecule has 7 heteroatoms. The number of piperidine rings is 1. The number of nitrogens with zero attached hydrogens (tertiary/aromatic N) is 1. The maximum atomic E-state index is 13.4. The molecule has 1 aliphatic rings. The van der Waals surface area contributed by atoms with Crippen molar-refractivity contribution in [3.05, 3.63) is 65.7 Å². The highest BCUT2D eigenvalue weighted by Crippen LogP contribution is 2.37. The van der Waals surface area contributed by atoms with Crippen LogP contribution >= 0.6 is 0 Å². The van der Waals surface area contributed by atoms with E-state index in [1.54, 1.807) is 6.92 Å². The zero-order valence-corrected chi connectivity index (χ0v) is 18.5. The quantitative estimate of drug-likeness (QED) is 0.698. The normalized spacial score (nSPS) is 16.7. The molecule has 0 bridgehead atoms. The largest absolute Gasteiger partial charge is 0.494 e. The first-order valence-electron chi connectivity index (χ1n) is 10.4. The number of ether oxygens (including phenoxy) is 1. The van der Waals surface area contributed by atoms with Crippen LogP contribution < -0.4 is 10.1 Å². The molecule has 0 aromatic heterocycles. The van der Waals surface area contributed by atoms with Crippen molar-refractivity contribution in [2.24, 2.45) is 0 Å². The molecule has 0 saturated carbocycles. The summed E-state index contributed by atoms with van der Waals surface area (Å²) in [6.07, 6.45) is 0.919. The second kappa shape index (κ2) is 9.62. The highest BCUT2D eigenvalue weighted by atomic mass is 32.2. The van der Waals surface area contributed by atoms with Crippen LogP contribution in [0.3, 0.4) is 0 Å². The van der Waals surface area contributed by atoms with Crippen LogP contribution in [0.4, 0.5) is 0 Å². The van der Waals surface area contributed by atoms with Crippen LogP contribution in [0, 0.1) is 0 Å². The Kier molecular flexibility index (Phi) is 7.15. The van der Waals surface area contributed by atoms with E-state index in [9.17, 15) is 13.2 Å². The molecule has 2 aromatic rings. The van der Waals surface area contributed by atoms with E-state index in [0.717, 1.165) is 16.9 Å². The van der Waals surface area contributed by atoms with Crippen molar-refractivity contribution < 1.29 is 17.9 Å². The van der Waals surface area contributed by atoms with Gasteiger partial charge in [-0.15, -0.1) is 0 Å². The van der Waals surface area contributed by atoms with Gasteiger partial charge in [0.25, 0.3) is 0 Å². The molecule has 1 amide bonds. The van der Waals surface area contributed by atoms with Crippen LogP contribution in [0.1, 0.15) is 37.8 Å². The second-order valence-electron chi connectivity index (χ2n) is 7.51.